The van der Waals surface area contributed by atoms with Crippen LogP contribution in [-0.4, -0.2) is 25.7 Å². The van der Waals surface area contributed by atoms with Crippen molar-refractivity contribution in [1.29, 1.82) is 0 Å². The van der Waals surface area contributed by atoms with Crippen molar-refractivity contribution in [3.8, 4) is 32.5 Å². The SMILES string of the molecule is CC(=O)Cc1cc(-c2nc(-c3ccccc3)c(-c3ncc[nH]3)s2)ccn1. The number of imidazole rings is 1. The van der Waals surface area contributed by atoms with Crippen LogP contribution in [0.2, 0.25) is 0 Å². The lowest BCUT2D eigenvalue weighted by Gasteiger charge is -2.00. The third-order valence-electron chi connectivity index (χ3n) is 3.88. The Kier molecular flexibility index (Phi) is 4.41. The number of pyridine rings is 1. The third-order valence-corrected chi connectivity index (χ3v) is 4.99. The summed E-state index contributed by atoms with van der Waals surface area (Å²) in [7, 11) is 0. The van der Waals surface area contributed by atoms with Gasteiger partial charge in [0.15, 0.2) is 0 Å². The van der Waals surface area contributed by atoms with Crippen LogP contribution in [0.4, 0.5) is 0 Å². The van der Waals surface area contributed by atoms with Gasteiger partial charge in [-0.2, -0.15) is 0 Å². The van der Waals surface area contributed by atoms with Gasteiger partial charge >= 0.3 is 0 Å². The van der Waals surface area contributed by atoms with Crippen molar-refractivity contribution in [3.63, 3.8) is 0 Å². The molecule has 0 aliphatic carbocycles. The summed E-state index contributed by atoms with van der Waals surface area (Å²) in [6.07, 6.45) is 5.60. The van der Waals surface area contributed by atoms with Crippen LogP contribution >= 0.6 is 11.3 Å². The molecule has 0 saturated carbocycles. The van der Waals surface area contributed by atoms with Gasteiger partial charge in [-0.25, -0.2) is 9.97 Å². The summed E-state index contributed by atoms with van der Waals surface area (Å²) in [5.41, 5.74) is 3.65. The molecular weight excluding hydrogens is 344 g/mol. The minimum absolute atomic E-state index is 0.0926. The number of carbonyl (C=O) groups is 1. The van der Waals surface area contributed by atoms with Gasteiger partial charge in [0, 0.05) is 41.8 Å². The second-order valence-electron chi connectivity index (χ2n) is 5.92. The number of nitrogens with zero attached hydrogens (tertiary/aromatic N) is 3. The summed E-state index contributed by atoms with van der Waals surface area (Å²) >= 11 is 1.58. The van der Waals surface area contributed by atoms with Crippen LogP contribution in [0.5, 0.6) is 0 Å². The van der Waals surface area contributed by atoms with E-state index in [-0.39, 0.29) is 5.78 Å². The summed E-state index contributed by atoms with van der Waals surface area (Å²) in [4.78, 5) is 29.1. The van der Waals surface area contributed by atoms with E-state index in [1.54, 1.807) is 36.9 Å². The smallest absolute Gasteiger partial charge is 0.149 e. The van der Waals surface area contributed by atoms with Gasteiger partial charge in [-0.05, 0) is 19.1 Å². The van der Waals surface area contributed by atoms with Gasteiger partial charge in [0.2, 0.25) is 0 Å². The molecule has 4 aromatic rings. The van der Waals surface area contributed by atoms with E-state index in [1.807, 2.05) is 42.5 Å². The van der Waals surface area contributed by atoms with Crippen LogP contribution in [0.15, 0.2) is 61.1 Å². The minimum atomic E-state index is 0.0926. The average molecular weight is 360 g/mol. The Balaban J connectivity index is 1.82. The van der Waals surface area contributed by atoms with Crippen molar-refractivity contribution in [3.05, 3.63) is 66.7 Å². The number of carbonyl (C=O) groups excluding carboxylic acids is 1. The standard InChI is InChI=1S/C20H16N4OS/c1-13(25)11-16-12-15(7-8-21-16)20-24-17(14-5-3-2-4-6-14)18(26-20)19-22-9-10-23-19/h2-10,12H,11H2,1H3,(H,22,23). The van der Waals surface area contributed by atoms with E-state index in [9.17, 15) is 4.79 Å². The zero-order valence-corrected chi connectivity index (χ0v) is 15.0. The number of thiazole rings is 1. The molecule has 0 amide bonds. The molecule has 1 N–H and O–H groups in total. The Hall–Kier alpha value is -3.12. The number of Topliss-reactive ketones (excluding diaryl/α,β-unsaturated/α-hetero) is 1. The first-order valence-electron chi connectivity index (χ1n) is 8.21. The van der Waals surface area contributed by atoms with Gasteiger partial charge in [-0.15, -0.1) is 11.3 Å². The third kappa shape index (κ3) is 3.32. The molecule has 0 radical (unpaired) electrons. The van der Waals surface area contributed by atoms with E-state index in [4.69, 9.17) is 4.98 Å². The van der Waals surface area contributed by atoms with Crippen LogP contribution < -0.4 is 0 Å². The molecule has 0 unspecified atom stereocenters. The molecule has 128 valence electrons. The van der Waals surface area contributed by atoms with Crippen LogP contribution in [0.25, 0.3) is 32.5 Å². The van der Waals surface area contributed by atoms with Gasteiger partial charge in [-0.3, -0.25) is 9.78 Å². The van der Waals surface area contributed by atoms with Gasteiger partial charge in [0.1, 0.15) is 16.6 Å². The number of hydrogen-bond donors (Lipinski definition) is 1. The van der Waals surface area contributed by atoms with E-state index >= 15 is 0 Å². The van der Waals surface area contributed by atoms with Crippen molar-refractivity contribution < 1.29 is 4.79 Å². The van der Waals surface area contributed by atoms with Gasteiger partial charge in [0.25, 0.3) is 0 Å². The zero-order chi connectivity index (χ0) is 17.9. The van der Waals surface area contributed by atoms with Crippen LogP contribution in [0, 0.1) is 0 Å². The molecule has 5 nitrogen and oxygen atoms in total. The number of nitrogens with one attached hydrogen (secondary N) is 1. The Morgan fingerprint density at radius 1 is 1.08 bits per heavy atom. The maximum Gasteiger partial charge on any atom is 0.149 e. The lowest BCUT2D eigenvalue weighted by Crippen LogP contribution is -1.98. The lowest BCUT2D eigenvalue weighted by molar-refractivity contribution is -0.116. The first-order valence-corrected chi connectivity index (χ1v) is 9.03. The van der Waals surface area contributed by atoms with Gasteiger partial charge in [0.05, 0.1) is 10.6 Å². The van der Waals surface area contributed by atoms with Crippen molar-refractivity contribution in [2.45, 2.75) is 13.3 Å². The molecule has 0 aliphatic rings. The van der Waals surface area contributed by atoms with Crippen LogP contribution in [-0.2, 0) is 11.2 Å². The van der Waals surface area contributed by atoms with Crippen molar-refractivity contribution in [2.75, 3.05) is 0 Å². The highest BCUT2D eigenvalue weighted by atomic mass is 32.1. The molecule has 0 bridgehead atoms. The predicted molar refractivity (Wildman–Crippen MR) is 103 cm³/mol. The molecule has 3 aromatic heterocycles. The van der Waals surface area contributed by atoms with Crippen LogP contribution in [0.3, 0.4) is 0 Å². The number of aromatic amines is 1. The van der Waals surface area contributed by atoms with Gasteiger partial charge in [-0.1, -0.05) is 30.3 Å². The number of benzene rings is 1. The quantitative estimate of drug-likeness (QED) is 0.573. The number of H-pyrrole nitrogens is 1. The molecule has 0 spiro atoms. The summed E-state index contributed by atoms with van der Waals surface area (Å²) in [6.45, 7) is 1.57. The average Bonchev–Trinajstić information content (AvgIpc) is 3.32. The summed E-state index contributed by atoms with van der Waals surface area (Å²) in [6, 6.07) is 13.9. The fourth-order valence-corrected chi connectivity index (χ4v) is 3.79. The molecule has 0 fully saturated rings. The predicted octanol–water partition coefficient (Wildman–Crippen LogP) is 4.39. The monoisotopic (exact) mass is 360 g/mol. The molecule has 0 saturated heterocycles. The molecule has 0 atom stereocenters. The van der Waals surface area contributed by atoms with Crippen molar-refractivity contribution in [2.24, 2.45) is 0 Å². The highest BCUT2D eigenvalue weighted by molar-refractivity contribution is 7.18. The zero-order valence-electron chi connectivity index (χ0n) is 14.1. The first-order chi connectivity index (χ1) is 12.7. The molecule has 6 heteroatoms. The normalized spacial score (nSPS) is 10.8. The van der Waals surface area contributed by atoms with Crippen molar-refractivity contribution in [1.82, 2.24) is 19.9 Å². The minimum Gasteiger partial charge on any atom is -0.344 e. The fraction of sp³-hybridized carbons (Fsp3) is 0.100. The fourth-order valence-electron chi connectivity index (χ4n) is 2.75. The Morgan fingerprint density at radius 2 is 1.92 bits per heavy atom. The molecule has 3 heterocycles. The van der Waals surface area contributed by atoms with E-state index in [1.165, 1.54) is 0 Å². The highest BCUT2D eigenvalue weighted by Gasteiger charge is 2.18. The van der Waals surface area contributed by atoms with E-state index in [2.05, 4.69) is 15.0 Å². The maximum absolute atomic E-state index is 11.4. The Morgan fingerprint density at radius 3 is 2.65 bits per heavy atom. The second kappa shape index (κ2) is 7.01. The van der Waals surface area contributed by atoms with Crippen molar-refractivity contribution >= 4 is 17.1 Å². The topological polar surface area (TPSA) is 71.5 Å². The molecule has 4 rings (SSSR count). The molecule has 0 aliphatic heterocycles. The summed E-state index contributed by atoms with van der Waals surface area (Å²) in [5.74, 6) is 0.889. The van der Waals surface area contributed by atoms with E-state index < -0.39 is 0 Å². The van der Waals surface area contributed by atoms with Crippen LogP contribution in [0.1, 0.15) is 12.6 Å². The summed E-state index contributed by atoms with van der Waals surface area (Å²) in [5, 5.41) is 0.877. The highest BCUT2D eigenvalue weighted by Crippen LogP contribution is 2.39. The van der Waals surface area contributed by atoms with E-state index in [0.717, 1.165) is 38.2 Å². The Bertz CT molecular complexity index is 1040. The molecule has 1 aromatic carbocycles. The van der Waals surface area contributed by atoms with E-state index in [0.29, 0.717) is 6.42 Å². The number of hydrogen-bond acceptors (Lipinski definition) is 5. The lowest BCUT2D eigenvalue weighted by atomic mass is 10.1. The largest absolute Gasteiger partial charge is 0.344 e. The maximum atomic E-state index is 11.4. The first kappa shape index (κ1) is 16.4. The number of aromatic nitrogens is 4. The number of rotatable bonds is 5. The molecule has 26 heavy (non-hydrogen) atoms. The van der Waals surface area contributed by atoms with Gasteiger partial charge < -0.3 is 4.98 Å². The molecular formula is C20H16N4OS. The second-order valence-corrected chi connectivity index (χ2v) is 6.91. The summed E-state index contributed by atoms with van der Waals surface area (Å²) < 4.78 is 0. The number of ketones is 1. The Labute approximate surface area is 154 Å².